The molecule has 1 rings (SSSR count). The van der Waals surface area contributed by atoms with E-state index in [1.165, 1.54) is 0 Å². The zero-order valence-corrected chi connectivity index (χ0v) is 10.4. The van der Waals surface area contributed by atoms with Crippen LogP contribution in [0.15, 0.2) is 18.2 Å². The molecule has 0 spiro atoms. The zero-order chi connectivity index (χ0) is 12.8. The minimum atomic E-state index is -0.793. The van der Waals surface area contributed by atoms with E-state index in [-0.39, 0.29) is 12.2 Å². The molecule has 0 atom stereocenters. The van der Waals surface area contributed by atoms with E-state index in [2.05, 4.69) is 0 Å². The second-order valence-electron chi connectivity index (χ2n) is 3.97. The number of carbonyl (C=O) groups is 1. The number of aliphatic carboxylic acids is 1. The molecule has 17 heavy (non-hydrogen) atoms. The third kappa shape index (κ3) is 4.63. The molecule has 0 heterocycles. The first-order valence-electron chi connectivity index (χ1n) is 5.37. The Labute approximate surface area is 105 Å². The molecule has 0 aromatic heterocycles. The van der Waals surface area contributed by atoms with Gasteiger partial charge in [0.2, 0.25) is 0 Å². The van der Waals surface area contributed by atoms with Gasteiger partial charge in [-0.05, 0) is 32.1 Å². The van der Waals surface area contributed by atoms with E-state index in [0.717, 1.165) is 0 Å². The second kappa shape index (κ2) is 6.47. The zero-order valence-electron chi connectivity index (χ0n) is 9.69. The maximum Gasteiger partial charge on any atom is 0.303 e. The molecule has 1 aromatic carbocycles. The van der Waals surface area contributed by atoms with Crippen LogP contribution in [0.2, 0.25) is 5.02 Å². The molecule has 0 saturated carbocycles. The highest BCUT2D eigenvalue weighted by atomic mass is 35.5. The lowest BCUT2D eigenvalue weighted by molar-refractivity contribution is -0.137. The molecule has 0 fully saturated rings. The van der Waals surface area contributed by atoms with Crippen LogP contribution in [0.25, 0.3) is 0 Å². The summed E-state index contributed by atoms with van der Waals surface area (Å²) < 4.78 is 0. The summed E-state index contributed by atoms with van der Waals surface area (Å²) >= 11 is 5.98. The van der Waals surface area contributed by atoms with Crippen LogP contribution in [0.4, 0.5) is 0 Å². The molecular formula is C12H16ClNO3. The van der Waals surface area contributed by atoms with E-state index in [9.17, 15) is 9.90 Å². The molecule has 0 aliphatic carbocycles. The van der Waals surface area contributed by atoms with Crippen LogP contribution in [-0.2, 0) is 11.3 Å². The van der Waals surface area contributed by atoms with Crippen LogP contribution in [0, 0.1) is 0 Å². The minimum absolute atomic E-state index is 0.152. The van der Waals surface area contributed by atoms with Gasteiger partial charge in [0.05, 0.1) is 0 Å². The van der Waals surface area contributed by atoms with Crippen molar-refractivity contribution >= 4 is 17.6 Å². The van der Waals surface area contributed by atoms with Gasteiger partial charge in [0.25, 0.3) is 0 Å². The molecule has 0 saturated heterocycles. The van der Waals surface area contributed by atoms with Crippen molar-refractivity contribution in [1.82, 2.24) is 4.90 Å². The van der Waals surface area contributed by atoms with E-state index < -0.39 is 5.97 Å². The summed E-state index contributed by atoms with van der Waals surface area (Å²) in [6, 6.07) is 5.00. The number of carboxylic acids is 1. The Morgan fingerprint density at radius 2 is 2.18 bits per heavy atom. The second-order valence-corrected chi connectivity index (χ2v) is 4.38. The summed E-state index contributed by atoms with van der Waals surface area (Å²) in [6.07, 6.45) is 0.732. The fourth-order valence-corrected chi connectivity index (χ4v) is 1.78. The average Bonchev–Trinajstić information content (AvgIpc) is 2.23. The lowest BCUT2D eigenvalue weighted by Crippen LogP contribution is -2.20. The van der Waals surface area contributed by atoms with Crippen LogP contribution in [0.1, 0.15) is 18.4 Å². The van der Waals surface area contributed by atoms with Crippen LogP contribution >= 0.6 is 11.6 Å². The molecule has 0 bridgehead atoms. The van der Waals surface area contributed by atoms with Crippen molar-refractivity contribution in [2.45, 2.75) is 19.4 Å². The Balaban J connectivity index is 2.50. The summed E-state index contributed by atoms with van der Waals surface area (Å²) in [5.41, 5.74) is 0.673. The molecule has 5 heteroatoms. The van der Waals surface area contributed by atoms with E-state index in [0.29, 0.717) is 30.1 Å². The Morgan fingerprint density at radius 1 is 1.47 bits per heavy atom. The number of nitrogens with zero attached hydrogens (tertiary/aromatic N) is 1. The van der Waals surface area contributed by atoms with Gasteiger partial charge in [0.1, 0.15) is 5.75 Å². The first kappa shape index (κ1) is 13.8. The maximum absolute atomic E-state index is 10.4. The standard InChI is InChI=1S/C12H16ClNO3/c1-14(7-3-6-12(16)17)8-9-10(13)4-2-5-11(9)15/h2,4-5,15H,3,6-8H2,1H3,(H,16,17). The van der Waals surface area contributed by atoms with Crippen LogP contribution in [-0.4, -0.2) is 34.7 Å². The SMILES string of the molecule is CN(CCCC(=O)O)Cc1c(O)cccc1Cl. The molecule has 94 valence electrons. The fourth-order valence-electron chi connectivity index (χ4n) is 1.55. The number of rotatable bonds is 6. The topological polar surface area (TPSA) is 60.8 Å². The summed E-state index contributed by atoms with van der Waals surface area (Å²) in [4.78, 5) is 12.3. The number of hydrogen-bond donors (Lipinski definition) is 2. The third-order valence-electron chi connectivity index (χ3n) is 2.45. The number of halogens is 1. The molecule has 0 unspecified atom stereocenters. The highest BCUT2D eigenvalue weighted by Gasteiger charge is 2.09. The van der Waals surface area contributed by atoms with Crippen LogP contribution < -0.4 is 0 Å². The lowest BCUT2D eigenvalue weighted by atomic mass is 10.2. The van der Waals surface area contributed by atoms with Gasteiger partial charge >= 0.3 is 5.97 Å². The van der Waals surface area contributed by atoms with Gasteiger partial charge in [-0.1, -0.05) is 17.7 Å². The van der Waals surface area contributed by atoms with Gasteiger partial charge in [-0.3, -0.25) is 4.79 Å². The lowest BCUT2D eigenvalue weighted by Gasteiger charge is -2.17. The fraction of sp³-hybridized carbons (Fsp3) is 0.417. The van der Waals surface area contributed by atoms with Crippen LogP contribution in [0.5, 0.6) is 5.75 Å². The molecule has 4 nitrogen and oxygen atoms in total. The summed E-state index contributed by atoms with van der Waals surface area (Å²) in [5, 5.41) is 18.7. The minimum Gasteiger partial charge on any atom is -0.508 e. The Hall–Kier alpha value is -1.26. The van der Waals surface area contributed by atoms with Gasteiger partial charge in [-0.2, -0.15) is 0 Å². The predicted octanol–water partition coefficient (Wildman–Crippen LogP) is 2.34. The van der Waals surface area contributed by atoms with Crippen molar-refractivity contribution in [3.05, 3.63) is 28.8 Å². The van der Waals surface area contributed by atoms with Gasteiger partial charge < -0.3 is 15.1 Å². The van der Waals surface area contributed by atoms with Gasteiger partial charge in [-0.15, -0.1) is 0 Å². The molecule has 0 aliphatic rings. The number of phenols is 1. The smallest absolute Gasteiger partial charge is 0.303 e. The van der Waals surface area contributed by atoms with E-state index in [1.54, 1.807) is 18.2 Å². The Bertz CT molecular complexity index is 375. The number of benzene rings is 1. The normalized spacial score (nSPS) is 10.8. The average molecular weight is 258 g/mol. The van der Waals surface area contributed by atoms with Crippen LogP contribution in [0.3, 0.4) is 0 Å². The Kier molecular flexibility index (Phi) is 5.25. The number of aromatic hydroxyl groups is 1. The first-order chi connectivity index (χ1) is 8.00. The quantitative estimate of drug-likeness (QED) is 0.821. The molecule has 0 amide bonds. The number of phenolic OH excluding ortho intramolecular Hbond substituents is 1. The monoisotopic (exact) mass is 257 g/mol. The highest BCUT2D eigenvalue weighted by molar-refractivity contribution is 6.31. The Morgan fingerprint density at radius 3 is 2.76 bits per heavy atom. The molecule has 0 radical (unpaired) electrons. The van der Waals surface area contributed by atoms with Crippen molar-refractivity contribution in [2.75, 3.05) is 13.6 Å². The van der Waals surface area contributed by atoms with Gasteiger partial charge in [-0.25, -0.2) is 0 Å². The van der Waals surface area contributed by atoms with Gasteiger partial charge in [0, 0.05) is 23.6 Å². The largest absolute Gasteiger partial charge is 0.508 e. The van der Waals surface area contributed by atoms with E-state index >= 15 is 0 Å². The van der Waals surface area contributed by atoms with Gasteiger partial charge in [0.15, 0.2) is 0 Å². The summed E-state index contributed by atoms with van der Waals surface area (Å²) in [6.45, 7) is 1.15. The number of carboxylic acid groups (broad SMARTS) is 1. The number of hydrogen-bond acceptors (Lipinski definition) is 3. The van der Waals surface area contributed by atoms with Crippen molar-refractivity contribution in [3.63, 3.8) is 0 Å². The van der Waals surface area contributed by atoms with Crippen molar-refractivity contribution < 1.29 is 15.0 Å². The summed E-state index contributed by atoms with van der Waals surface area (Å²) in [7, 11) is 1.87. The van der Waals surface area contributed by atoms with Crippen molar-refractivity contribution in [1.29, 1.82) is 0 Å². The predicted molar refractivity (Wildman–Crippen MR) is 66.3 cm³/mol. The third-order valence-corrected chi connectivity index (χ3v) is 2.81. The molecule has 1 aromatic rings. The van der Waals surface area contributed by atoms with E-state index in [1.807, 2.05) is 11.9 Å². The van der Waals surface area contributed by atoms with E-state index in [4.69, 9.17) is 16.7 Å². The maximum atomic E-state index is 10.4. The van der Waals surface area contributed by atoms with Crippen molar-refractivity contribution in [2.24, 2.45) is 0 Å². The molecule has 0 aliphatic heterocycles. The molecular weight excluding hydrogens is 242 g/mol. The summed E-state index contributed by atoms with van der Waals surface area (Å²) in [5.74, 6) is -0.624. The van der Waals surface area contributed by atoms with Crippen molar-refractivity contribution in [3.8, 4) is 5.75 Å². The first-order valence-corrected chi connectivity index (χ1v) is 5.75. The highest BCUT2D eigenvalue weighted by Crippen LogP contribution is 2.26. The molecule has 2 N–H and O–H groups in total.